The first-order valence-electron chi connectivity index (χ1n) is 6.57. The molecule has 6 heteroatoms. The van der Waals surface area contributed by atoms with Crippen LogP contribution in [0.2, 0.25) is 0 Å². The van der Waals surface area contributed by atoms with Crippen LogP contribution in [0.5, 0.6) is 11.5 Å². The van der Waals surface area contributed by atoms with E-state index in [0.717, 1.165) is 5.56 Å². The minimum Gasteiger partial charge on any atom is -0.508 e. The number of phenolic OH excluding ortho intramolecular Hbond substituents is 2. The molecule has 6 nitrogen and oxygen atoms in total. The summed E-state index contributed by atoms with van der Waals surface area (Å²) in [5, 5.41) is 28.3. The third-order valence-corrected chi connectivity index (χ3v) is 3.12. The number of phenols is 2. The van der Waals surface area contributed by atoms with Crippen LogP contribution in [0.25, 0.3) is 11.3 Å². The summed E-state index contributed by atoms with van der Waals surface area (Å²) in [5.41, 5.74) is 1.91. The van der Waals surface area contributed by atoms with E-state index in [4.69, 9.17) is 0 Å². The molecule has 1 amide bonds. The average molecular weight is 295 g/mol. The highest BCUT2D eigenvalue weighted by Gasteiger charge is 2.13. The highest BCUT2D eigenvalue weighted by atomic mass is 16.3. The molecule has 22 heavy (non-hydrogen) atoms. The van der Waals surface area contributed by atoms with Crippen LogP contribution in [0.3, 0.4) is 0 Å². The third-order valence-electron chi connectivity index (χ3n) is 3.12. The first kappa shape index (κ1) is 13.7. The normalized spacial score (nSPS) is 10.4. The van der Waals surface area contributed by atoms with Crippen molar-refractivity contribution in [2.75, 3.05) is 5.32 Å². The molecule has 0 saturated carbocycles. The molecule has 0 aliphatic heterocycles. The van der Waals surface area contributed by atoms with Crippen molar-refractivity contribution in [3.8, 4) is 22.8 Å². The summed E-state index contributed by atoms with van der Waals surface area (Å²) in [6, 6.07) is 14.9. The fourth-order valence-electron chi connectivity index (χ4n) is 2.01. The predicted octanol–water partition coefficient (Wildman–Crippen LogP) is 2.74. The first-order chi connectivity index (χ1) is 10.6. The van der Waals surface area contributed by atoms with E-state index in [0.29, 0.717) is 5.69 Å². The van der Waals surface area contributed by atoms with Crippen molar-refractivity contribution in [2.45, 2.75) is 0 Å². The molecule has 0 unspecified atom stereocenters. The van der Waals surface area contributed by atoms with Crippen molar-refractivity contribution in [1.82, 2.24) is 10.2 Å². The van der Waals surface area contributed by atoms with Gasteiger partial charge in [-0.15, -0.1) is 0 Å². The molecule has 3 aromatic rings. The standard InChI is InChI=1S/C16H13N3O3/c20-11-6-7-15(21)13(8-11)17-16(22)14-9-12(18-19-14)10-4-2-1-3-5-10/h1-9,20-21H,(H,17,22)(H,18,19). The number of carbonyl (C=O) groups excluding carboxylic acids is 1. The Morgan fingerprint density at radius 1 is 1.05 bits per heavy atom. The molecule has 0 spiro atoms. The zero-order valence-electron chi connectivity index (χ0n) is 11.4. The molecule has 2 aromatic carbocycles. The van der Waals surface area contributed by atoms with Gasteiger partial charge in [-0.1, -0.05) is 30.3 Å². The summed E-state index contributed by atoms with van der Waals surface area (Å²) in [4.78, 5) is 12.1. The number of H-pyrrole nitrogens is 1. The number of aromatic amines is 1. The summed E-state index contributed by atoms with van der Waals surface area (Å²) < 4.78 is 0. The van der Waals surface area contributed by atoms with Gasteiger partial charge in [0.2, 0.25) is 0 Å². The molecule has 0 bridgehead atoms. The van der Waals surface area contributed by atoms with Gasteiger partial charge in [0.05, 0.1) is 11.4 Å². The Morgan fingerprint density at radius 2 is 1.82 bits per heavy atom. The van der Waals surface area contributed by atoms with Gasteiger partial charge in [0, 0.05) is 11.6 Å². The number of carbonyl (C=O) groups is 1. The van der Waals surface area contributed by atoms with Gasteiger partial charge in [0.25, 0.3) is 5.91 Å². The number of hydrogen-bond acceptors (Lipinski definition) is 4. The lowest BCUT2D eigenvalue weighted by Crippen LogP contribution is -2.12. The number of anilines is 1. The Kier molecular flexibility index (Phi) is 3.49. The van der Waals surface area contributed by atoms with Crippen LogP contribution in [-0.4, -0.2) is 26.3 Å². The second-order valence-electron chi connectivity index (χ2n) is 4.69. The van der Waals surface area contributed by atoms with Gasteiger partial charge in [-0.25, -0.2) is 0 Å². The van der Waals surface area contributed by atoms with Crippen LogP contribution in [0, 0.1) is 0 Å². The lowest BCUT2D eigenvalue weighted by molar-refractivity contribution is 0.102. The fourth-order valence-corrected chi connectivity index (χ4v) is 2.01. The zero-order chi connectivity index (χ0) is 15.5. The predicted molar refractivity (Wildman–Crippen MR) is 81.7 cm³/mol. The van der Waals surface area contributed by atoms with Crippen molar-refractivity contribution >= 4 is 11.6 Å². The number of nitrogens with zero attached hydrogens (tertiary/aromatic N) is 1. The zero-order valence-corrected chi connectivity index (χ0v) is 11.4. The van der Waals surface area contributed by atoms with Crippen LogP contribution in [0.4, 0.5) is 5.69 Å². The Morgan fingerprint density at radius 3 is 2.59 bits per heavy atom. The molecule has 1 aromatic heterocycles. The molecule has 0 fully saturated rings. The average Bonchev–Trinajstić information content (AvgIpc) is 3.02. The fraction of sp³-hybridized carbons (Fsp3) is 0. The molecular formula is C16H13N3O3. The van der Waals surface area contributed by atoms with Gasteiger partial charge >= 0.3 is 0 Å². The summed E-state index contributed by atoms with van der Waals surface area (Å²) in [6.45, 7) is 0. The minimum absolute atomic E-state index is 0.0531. The molecule has 0 saturated heterocycles. The van der Waals surface area contributed by atoms with Crippen molar-refractivity contribution in [3.63, 3.8) is 0 Å². The van der Waals surface area contributed by atoms with E-state index in [-0.39, 0.29) is 22.9 Å². The summed E-state index contributed by atoms with van der Waals surface area (Å²) in [6.07, 6.45) is 0. The van der Waals surface area contributed by atoms with Crippen LogP contribution in [0.15, 0.2) is 54.6 Å². The third kappa shape index (κ3) is 2.76. The smallest absolute Gasteiger partial charge is 0.273 e. The van der Waals surface area contributed by atoms with Crippen molar-refractivity contribution in [1.29, 1.82) is 0 Å². The maximum atomic E-state index is 12.1. The van der Waals surface area contributed by atoms with Gasteiger partial charge in [0.1, 0.15) is 17.2 Å². The van der Waals surface area contributed by atoms with Gasteiger partial charge in [0.15, 0.2) is 0 Å². The van der Waals surface area contributed by atoms with E-state index < -0.39 is 5.91 Å². The number of rotatable bonds is 3. The van der Waals surface area contributed by atoms with Crippen LogP contribution in [-0.2, 0) is 0 Å². The van der Waals surface area contributed by atoms with E-state index >= 15 is 0 Å². The number of aromatic nitrogens is 2. The molecule has 0 aliphatic rings. The molecule has 0 aliphatic carbocycles. The molecular weight excluding hydrogens is 282 g/mol. The summed E-state index contributed by atoms with van der Waals surface area (Å²) in [5.74, 6) is -0.646. The largest absolute Gasteiger partial charge is 0.508 e. The second-order valence-corrected chi connectivity index (χ2v) is 4.69. The van der Waals surface area contributed by atoms with Gasteiger partial charge in [-0.2, -0.15) is 5.10 Å². The van der Waals surface area contributed by atoms with Crippen molar-refractivity contribution < 1.29 is 15.0 Å². The van der Waals surface area contributed by atoms with E-state index in [1.54, 1.807) is 6.07 Å². The Bertz CT molecular complexity index is 813. The molecule has 0 atom stereocenters. The quantitative estimate of drug-likeness (QED) is 0.441. The van der Waals surface area contributed by atoms with E-state index in [9.17, 15) is 15.0 Å². The van der Waals surface area contributed by atoms with E-state index in [1.807, 2.05) is 30.3 Å². The summed E-state index contributed by atoms with van der Waals surface area (Å²) in [7, 11) is 0. The lowest BCUT2D eigenvalue weighted by atomic mass is 10.1. The molecule has 0 radical (unpaired) electrons. The maximum Gasteiger partial charge on any atom is 0.273 e. The van der Waals surface area contributed by atoms with Gasteiger partial charge in [-0.3, -0.25) is 9.89 Å². The highest BCUT2D eigenvalue weighted by molar-refractivity contribution is 6.04. The van der Waals surface area contributed by atoms with Crippen molar-refractivity contribution in [2.24, 2.45) is 0 Å². The maximum absolute atomic E-state index is 12.1. The van der Waals surface area contributed by atoms with Crippen LogP contribution in [0.1, 0.15) is 10.5 Å². The van der Waals surface area contributed by atoms with E-state index in [2.05, 4.69) is 15.5 Å². The monoisotopic (exact) mass is 295 g/mol. The molecule has 4 N–H and O–H groups in total. The van der Waals surface area contributed by atoms with Crippen LogP contribution < -0.4 is 5.32 Å². The highest BCUT2D eigenvalue weighted by Crippen LogP contribution is 2.27. The number of aromatic hydroxyl groups is 2. The van der Waals surface area contributed by atoms with Gasteiger partial charge < -0.3 is 15.5 Å². The topological polar surface area (TPSA) is 98.2 Å². The molecule has 110 valence electrons. The second kappa shape index (κ2) is 5.61. The number of benzene rings is 2. The molecule has 3 rings (SSSR count). The number of hydrogen-bond donors (Lipinski definition) is 4. The lowest BCUT2D eigenvalue weighted by Gasteiger charge is -2.06. The van der Waals surface area contributed by atoms with Crippen molar-refractivity contribution in [3.05, 3.63) is 60.3 Å². The summed E-state index contributed by atoms with van der Waals surface area (Å²) >= 11 is 0. The van der Waals surface area contributed by atoms with E-state index in [1.165, 1.54) is 18.2 Å². The number of nitrogens with one attached hydrogen (secondary N) is 2. The Balaban J connectivity index is 1.81. The Labute approximate surface area is 126 Å². The van der Waals surface area contributed by atoms with Crippen LogP contribution >= 0.6 is 0 Å². The van der Waals surface area contributed by atoms with Gasteiger partial charge in [-0.05, 0) is 18.2 Å². The first-order valence-corrected chi connectivity index (χ1v) is 6.57. The minimum atomic E-state index is -0.462. The number of amides is 1. The molecule has 1 heterocycles. The SMILES string of the molecule is O=C(Nc1cc(O)ccc1O)c1cc(-c2ccccc2)n[nH]1. The Hall–Kier alpha value is -3.28.